The molecule has 0 amide bonds. The van der Waals surface area contributed by atoms with E-state index in [4.69, 9.17) is 15.4 Å². The smallest absolute Gasteiger partial charge is 0.341 e. The molecule has 1 aromatic rings. The Hall–Kier alpha value is -1.14. The van der Waals surface area contributed by atoms with Crippen molar-refractivity contribution < 1.29 is 22.3 Å². The van der Waals surface area contributed by atoms with Crippen LogP contribution in [-0.4, -0.2) is 20.5 Å². The molecule has 1 saturated carbocycles. The van der Waals surface area contributed by atoms with Gasteiger partial charge in [-0.15, -0.1) is 0 Å². The van der Waals surface area contributed by atoms with Crippen molar-refractivity contribution in [3.8, 4) is 0 Å². The zero-order valence-corrected chi connectivity index (χ0v) is 12.4. The SMILES string of the molecule is Cc1cc(S(=O)(=O)Cl)cc(C(=O)OC2CCCC2)c1F. The summed E-state index contributed by atoms with van der Waals surface area (Å²) in [5.74, 6) is -1.63. The molecular weight excluding hydrogens is 307 g/mol. The lowest BCUT2D eigenvalue weighted by atomic mass is 10.1. The number of rotatable bonds is 3. The van der Waals surface area contributed by atoms with Crippen molar-refractivity contribution >= 4 is 25.7 Å². The van der Waals surface area contributed by atoms with E-state index < -0.39 is 26.4 Å². The zero-order valence-electron chi connectivity index (χ0n) is 10.9. The number of carbonyl (C=O) groups excluding carboxylic acids is 1. The fourth-order valence-electron chi connectivity index (χ4n) is 2.25. The number of aryl methyl sites for hydroxylation is 1. The molecule has 0 bridgehead atoms. The van der Waals surface area contributed by atoms with Crippen molar-refractivity contribution in [3.63, 3.8) is 0 Å². The van der Waals surface area contributed by atoms with Crippen molar-refractivity contribution in [2.24, 2.45) is 0 Å². The molecule has 7 heteroatoms. The zero-order chi connectivity index (χ0) is 14.9. The maximum absolute atomic E-state index is 14.0. The van der Waals surface area contributed by atoms with Crippen LogP contribution in [0, 0.1) is 12.7 Å². The van der Waals surface area contributed by atoms with Crippen molar-refractivity contribution in [2.45, 2.75) is 43.6 Å². The van der Waals surface area contributed by atoms with Crippen LogP contribution >= 0.6 is 10.7 Å². The molecular formula is C13H14ClFO4S. The molecule has 0 radical (unpaired) electrons. The second kappa shape index (κ2) is 5.69. The van der Waals surface area contributed by atoms with Gasteiger partial charge < -0.3 is 4.74 Å². The summed E-state index contributed by atoms with van der Waals surface area (Å²) in [6.07, 6.45) is 3.21. The molecule has 0 unspecified atom stereocenters. The normalized spacial score (nSPS) is 16.4. The highest BCUT2D eigenvalue weighted by molar-refractivity contribution is 8.13. The van der Waals surface area contributed by atoms with Crippen molar-refractivity contribution in [2.75, 3.05) is 0 Å². The average molecular weight is 321 g/mol. The van der Waals surface area contributed by atoms with Crippen LogP contribution in [0.3, 0.4) is 0 Å². The Labute approximate surface area is 121 Å². The molecule has 1 aliphatic rings. The Bertz CT molecular complexity index is 636. The second-order valence-electron chi connectivity index (χ2n) is 4.85. The average Bonchev–Trinajstić information content (AvgIpc) is 2.83. The molecule has 0 N–H and O–H groups in total. The molecule has 1 fully saturated rings. The molecule has 110 valence electrons. The number of hydrogen-bond donors (Lipinski definition) is 0. The van der Waals surface area contributed by atoms with E-state index >= 15 is 0 Å². The van der Waals surface area contributed by atoms with E-state index in [2.05, 4.69) is 0 Å². The van der Waals surface area contributed by atoms with Gasteiger partial charge in [0.05, 0.1) is 10.5 Å². The van der Waals surface area contributed by atoms with Crippen LogP contribution in [0.5, 0.6) is 0 Å². The molecule has 0 aromatic heterocycles. The highest BCUT2D eigenvalue weighted by atomic mass is 35.7. The van der Waals surface area contributed by atoms with Gasteiger partial charge in [0.15, 0.2) is 0 Å². The summed E-state index contributed by atoms with van der Waals surface area (Å²) in [5.41, 5.74) is -0.360. The molecule has 0 saturated heterocycles. The second-order valence-corrected chi connectivity index (χ2v) is 7.42. The van der Waals surface area contributed by atoms with E-state index in [1.54, 1.807) is 0 Å². The van der Waals surface area contributed by atoms with Crippen LogP contribution < -0.4 is 0 Å². The van der Waals surface area contributed by atoms with Gasteiger partial charge in [-0.1, -0.05) is 0 Å². The standard InChI is InChI=1S/C13H14ClFO4S/c1-8-6-10(20(14,17)18)7-11(12(8)15)13(16)19-9-4-2-3-5-9/h6-7,9H,2-5H2,1H3. The lowest BCUT2D eigenvalue weighted by molar-refractivity contribution is 0.0312. The highest BCUT2D eigenvalue weighted by Crippen LogP contribution is 2.26. The molecule has 1 aromatic carbocycles. The van der Waals surface area contributed by atoms with Crippen LogP contribution in [0.15, 0.2) is 17.0 Å². The summed E-state index contributed by atoms with van der Waals surface area (Å²) >= 11 is 0. The molecule has 20 heavy (non-hydrogen) atoms. The highest BCUT2D eigenvalue weighted by Gasteiger charge is 2.25. The van der Waals surface area contributed by atoms with Crippen LogP contribution in [0.1, 0.15) is 41.6 Å². The monoisotopic (exact) mass is 320 g/mol. The molecule has 0 heterocycles. The van der Waals surface area contributed by atoms with Crippen LogP contribution in [0.4, 0.5) is 4.39 Å². The predicted molar refractivity (Wildman–Crippen MR) is 71.8 cm³/mol. The van der Waals surface area contributed by atoms with Crippen molar-refractivity contribution in [3.05, 3.63) is 29.1 Å². The third-order valence-electron chi connectivity index (χ3n) is 3.31. The van der Waals surface area contributed by atoms with Gasteiger partial charge in [0, 0.05) is 10.7 Å². The summed E-state index contributed by atoms with van der Waals surface area (Å²) < 4.78 is 41.8. The lowest BCUT2D eigenvalue weighted by Crippen LogP contribution is -2.17. The quantitative estimate of drug-likeness (QED) is 0.634. The number of hydrogen-bond acceptors (Lipinski definition) is 4. The Morgan fingerprint density at radius 3 is 2.50 bits per heavy atom. The Balaban J connectivity index is 2.34. The Morgan fingerprint density at radius 2 is 1.95 bits per heavy atom. The fourth-order valence-corrected chi connectivity index (χ4v) is 3.09. The first kappa shape index (κ1) is 15.3. The van der Waals surface area contributed by atoms with E-state index in [1.165, 1.54) is 6.92 Å². The number of benzene rings is 1. The molecule has 0 aliphatic heterocycles. The van der Waals surface area contributed by atoms with Gasteiger partial charge in [-0.05, 0) is 50.3 Å². The van der Waals surface area contributed by atoms with Crippen molar-refractivity contribution in [1.82, 2.24) is 0 Å². The number of carbonyl (C=O) groups is 1. The van der Waals surface area contributed by atoms with Crippen LogP contribution in [0.2, 0.25) is 0 Å². The first-order valence-electron chi connectivity index (χ1n) is 6.25. The number of halogens is 2. The summed E-state index contributed by atoms with van der Waals surface area (Å²) in [5, 5.41) is 0. The molecule has 2 rings (SSSR count). The van der Waals surface area contributed by atoms with E-state index in [0.717, 1.165) is 37.8 Å². The van der Waals surface area contributed by atoms with Crippen LogP contribution in [-0.2, 0) is 13.8 Å². The van der Waals surface area contributed by atoms with E-state index in [-0.39, 0.29) is 16.6 Å². The van der Waals surface area contributed by atoms with Gasteiger partial charge in [-0.25, -0.2) is 17.6 Å². The number of ether oxygens (including phenoxy) is 1. The summed E-state index contributed by atoms with van der Waals surface area (Å²) in [6.45, 7) is 1.37. The van der Waals surface area contributed by atoms with E-state index in [1.807, 2.05) is 0 Å². The molecule has 1 aliphatic carbocycles. The Kier molecular flexibility index (Phi) is 4.34. The van der Waals surface area contributed by atoms with E-state index in [0.29, 0.717) is 0 Å². The van der Waals surface area contributed by atoms with Gasteiger partial charge in [-0.3, -0.25) is 0 Å². The largest absolute Gasteiger partial charge is 0.459 e. The Morgan fingerprint density at radius 1 is 1.35 bits per heavy atom. The summed E-state index contributed by atoms with van der Waals surface area (Å²) in [4.78, 5) is 11.6. The van der Waals surface area contributed by atoms with E-state index in [9.17, 15) is 17.6 Å². The fraction of sp³-hybridized carbons (Fsp3) is 0.462. The van der Waals surface area contributed by atoms with Gasteiger partial charge in [0.2, 0.25) is 0 Å². The first-order valence-corrected chi connectivity index (χ1v) is 8.56. The predicted octanol–water partition coefficient (Wildman–Crippen LogP) is 3.16. The van der Waals surface area contributed by atoms with Crippen LogP contribution in [0.25, 0.3) is 0 Å². The third kappa shape index (κ3) is 3.30. The molecule has 0 spiro atoms. The van der Waals surface area contributed by atoms with Gasteiger partial charge in [0.25, 0.3) is 9.05 Å². The summed E-state index contributed by atoms with van der Waals surface area (Å²) in [6, 6.07) is 2.01. The van der Waals surface area contributed by atoms with Gasteiger partial charge in [0.1, 0.15) is 11.9 Å². The maximum Gasteiger partial charge on any atom is 0.341 e. The molecule has 4 nitrogen and oxygen atoms in total. The van der Waals surface area contributed by atoms with Crippen molar-refractivity contribution in [1.29, 1.82) is 0 Å². The minimum Gasteiger partial charge on any atom is -0.459 e. The molecule has 0 atom stereocenters. The van der Waals surface area contributed by atoms with Gasteiger partial charge >= 0.3 is 5.97 Å². The minimum atomic E-state index is -4.03. The minimum absolute atomic E-state index is 0.0325. The third-order valence-corrected chi connectivity index (χ3v) is 4.64. The summed E-state index contributed by atoms with van der Waals surface area (Å²) in [7, 11) is 1.20. The van der Waals surface area contributed by atoms with Gasteiger partial charge in [-0.2, -0.15) is 0 Å². The number of esters is 1. The first-order chi connectivity index (χ1) is 9.29. The lowest BCUT2D eigenvalue weighted by Gasteiger charge is -2.13. The maximum atomic E-state index is 14.0. The topological polar surface area (TPSA) is 60.4 Å².